The second-order valence-electron chi connectivity index (χ2n) is 8.92. The van der Waals surface area contributed by atoms with E-state index in [1.54, 1.807) is 0 Å². The molecule has 4 aliphatic carbocycles. The molecule has 120 valence electrons. The SMILES string of the molecule is C[C@@H]1CC2C(CC[C@]3(C)C(=O)CCC23)[C@@]2(C)CCC(=O)C=C12. The third-order valence-corrected chi connectivity index (χ3v) is 7.99. The molecule has 0 heterocycles. The van der Waals surface area contributed by atoms with Gasteiger partial charge in [0.05, 0.1) is 0 Å². The highest BCUT2D eigenvalue weighted by atomic mass is 16.1. The number of hydrogen-bond acceptors (Lipinski definition) is 2. The zero-order valence-electron chi connectivity index (χ0n) is 14.2. The maximum Gasteiger partial charge on any atom is 0.155 e. The lowest BCUT2D eigenvalue weighted by Gasteiger charge is -2.58. The van der Waals surface area contributed by atoms with E-state index in [0.29, 0.717) is 35.2 Å². The smallest absolute Gasteiger partial charge is 0.155 e. The summed E-state index contributed by atoms with van der Waals surface area (Å²) in [6.45, 7) is 6.96. The summed E-state index contributed by atoms with van der Waals surface area (Å²) in [7, 11) is 0. The van der Waals surface area contributed by atoms with E-state index in [2.05, 4.69) is 20.8 Å². The van der Waals surface area contributed by atoms with Crippen molar-refractivity contribution in [3.63, 3.8) is 0 Å². The second-order valence-corrected chi connectivity index (χ2v) is 8.92. The lowest BCUT2D eigenvalue weighted by Crippen LogP contribution is -2.52. The molecule has 6 atom stereocenters. The van der Waals surface area contributed by atoms with Gasteiger partial charge in [-0.15, -0.1) is 0 Å². The zero-order valence-corrected chi connectivity index (χ0v) is 14.2. The Morgan fingerprint density at radius 3 is 2.50 bits per heavy atom. The van der Waals surface area contributed by atoms with Crippen LogP contribution in [-0.4, -0.2) is 11.6 Å². The van der Waals surface area contributed by atoms with Gasteiger partial charge in [-0.05, 0) is 67.3 Å². The number of allylic oxidation sites excluding steroid dienone is 1. The minimum Gasteiger partial charge on any atom is -0.299 e. The van der Waals surface area contributed by atoms with Gasteiger partial charge < -0.3 is 0 Å². The molecule has 3 saturated carbocycles. The Morgan fingerprint density at radius 1 is 1.00 bits per heavy atom. The summed E-state index contributed by atoms with van der Waals surface area (Å²) in [6.07, 6.45) is 9.08. The monoisotopic (exact) mass is 300 g/mol. The van der Waals surface area contributed by atoms with Crippen LogP contribution in [0.5, 0.6) is 0 Å². The topological polar surface area (TPSA) is 34.1 Å². The lowest BCUT2D eigenvalue weighted by atomic mass is 9.46. The summed E-state index contributed by atoms with van der Waals surface area (Å²) in [4.78, 5) is 24.4. The fourth-order valence-corrected chi connectivity index (χ4v) is 6.76. The molecule has 2 heteroatoms. The summed E-state index contributed by atoms with van der Waals surface area (Å²) >= 11 is 0. The van der Waals surface area contributed by atoms with Gasteiger partial charge in [0, 0.05) is 18.3 Å². The summed E-state index contributed by atoms with van der Waals surface area (Å²) in [6, 6.07) is 0. The third kappa shape index (κ3) is 1.73. The standard InChI is InChI=1S/C20H28O2/c1-12-10-14-15-4-5-18(22)20(15,3)9-7-16(14)19(2)8-6-13(21)11-17(12)19/h11-12,14-16H,4-10H2,1-3H3/t12-,14?,15?,16?,19-,20+/m1/s1. The molecule has 3 unspecified atom stereocenters. The molecule has 0 bridgehead atoms. The predicted octanol–water partition coefficient (Wildman–Crippen LogP) is 4.33. The lowest BCUT2D eigenvalue weighted by molar-refractivity contribution is -0.133. The van der Waals surface area contributed by atoms with Gasteiger partial charge in [0.25, 0.3) is 0 Å². The minimum absolute atomic E-state index is 0.0387. The molecule has 0 aromatic carbocycles. The summed E-state index contributed by atoms with van der Waals surface area (Å²) in [5, 5.41) is 0. The maximum absolute atomic E-state index is 12.4. The van der Waals surface area contributed by atoms with E-state index in [9.17, 15) is 9.59 Å². The van der Waals surface area contributed by atoms with E-state index in [0.717, 1.165) is 32.1 Å². The number of fused-ring (bicyclic) bond motifs is 5. The van der Waals surface area contributed by atoms with Crippen molar-refractivity contribution in [3.8, 4) is 0 Å². The first-order valence-corrected chi connectivity index (χ1v) is 9.14. The normalized spacial score (nSPS) is 51.0. The van der Waals surface area contributed by atoms with Crippen molar-refractivity contribution in [2.24, 2.45) is 34.5 Å². The summed E-state index contributed by atoms with van der Waals surface area (Å²) in [5.41, 5.74) is 1.60. The van der Waals surface area contributed by atoms with E-state index in [1.807, 2.05) is 6.08 Å². The first-order valence-electron chi connectivity index (χ1n) is 9.14. The van der Waals surface area contributed by atoms with Gasteiger partial charge in [-0.2, -0.15) is 0 Å². The molecule has 22 heavy (non-hydrogen) atoms. The Morgan fingerprint density at radius 2 is 1.73 bits per heavy atom. The number of carbonyl (C=O) groups excluding carboxylic acids is 2. The number of rotatable bonds is 0. The molecule has 0 aliphatic heterocycles. The highest BCUT2D eigenvalue weighted by Gasteiger charge is 2.59. The quantitative estimate of drug-likeness (QED) is 0.667. The fraction of sp³-hybridized carbons (Fsp3) is 0.800. The van der Waals surface area contributed by atoms with Gasteiger partial charge in [0.1, 0.15) is 5.78 Å². The molecule has 0 radical (unpaired) electrons. The average Bonchev–Trinajstić information content (AvgIpc) is 2.77. The van der Waals surface area contributed by atoms with Crippen LogP contribution in [0.2, 0.25) is 0 Å². The molecular formula is C20H28O2. The van der Waals surface area contributed by atoms with E-state index < -0.39 is 0 Å². The first kappa shape index (κ1) is 14.7. The van der Waals surface area contributed by atoms with Crippen LogP contribution >= 0.6 is 0 Å². The van der Waals surface area contributed by atoms with E-state index >= 15 is 0 Å². The Bertz CT molecular complexity index is 574. The Kier molecular flexibility index (Phi) is 3.03. The Balaban J connectivity index is 1.74. The number of ketones is 2. The van der Waals surface area contributed by atoms with Crippen molar-refractivity contribution >= 4 is 11.6 Å². The molecule has 0 aromatic rings. The third-order valence-electron chi connectivity index (χ3n) is 7.99. The molecule has 0 saturated heterocycles. The van der Waals surface area contributed by atoms with Gasteiger partial charge >= 0.3 is 0 Å². The summed E-state index contributed by atoms with van der Waals surface area (Å²) < 4.78 is 0. The van der Waals surface area contributed by atoms with Crippen LogP contribution in [0.3, 0.4) is 0 Å². The number of carbonyl (C=O) groups is 2. The largest absolute Gasteiger partial charge is 0.299 e. The van der Waals surface area contributed by atoms with Crippen LogP contribution in [0, 0.1) is 34.5 Å². The van der Waals surface area contributed by atoms with Crippen LogP contribution in [0.1, 0.15) is 65.7 Å². The number of hydrogen-bond donors (Lipinski definition) is 0. The highest BCUT2D eigenvalue weighted by Crippen LogP contribution is 2.65. The van der Waals surface area contributed by atoms with Crippen molar-refractivity contribution in [1.82, 2.24) is 0 Å². The van der Waals surface area contributed by atoms with E-state index in [1.165, 1.54) is 18.4 Å². The van der Waals surface area contributed by atoms with Crippen molar-refractivity contribution in [2.45, 2.75) is 65.7 Å². The molecule has 4 rings (SSSR count). The van der Waals surface area contributed by atoms with Gasteiger partial charge in [0.15, 0.2) is 5.78 Å². The molecule has 3 fully saturated rings. The van der Waals surface area contributed by atoms with Gasteiger partial charge in [0.2, 0.25) is 0 Å². The van der Waals surface area contributed by atoms with Crippen LogP contribution < -0.4 is 0 Å². The molecule has 4 aliphatic rings. The van der Waals surface area contributed by atoms with Crippen LogP contribution in [-0.2, 0) is 9.59 Å². The number of Topliss-reactive ketones (excluding diaryl/α,β-unsaturated/α-hetero) is 1. The van der Waals surface area contributed by atoms with Crippen LogP contribution in [0.4, 0.5) is 0 Å². The summed E-state index contributed by atoms with van der Waals surface area (Å²) in [5.74, 6) is 3.33. The van der Waals surface area contributed by atoms with Gasteiger partial charge in [-0.3, -0.25) is 9.59 Å². The molecule has 0 aromatic heterocycles. The van der Waals surface area contributed by atoms with Crippen LogP contribution in [0.25, 0.3) is 0 Å². The van der Waals surface area contributed by atoms with Crippen molar-refractivity contribution in [2.75, 3.05) is 0 Å². The van der Waals surface area contributed by atoms with Crippen LogP contribution in [0.15, 0.2) is 11.6 Å². The predicted molar refractivity (Wildman–Crippen MR) is 86.3 cm³/mol. The second kappa shape index (κ2) is 4.55. The van der Waals surface area contributed by atoms with Crippen molar-refractivity contribution in [1.29, 1.82) is 0 Å². The highest BCUT2D eigenvalue weighted by molar-refractivity contribution is 5.92. The van der Waals surface area contributed by atoms with Gasteiger partial charge in [-0.25, -0.2) is 0 Å². The molecule has 0 spiro atoms. The van der Waals surface area contributed by atoms with E-state index in [-0.39, 0.29) is 10.8 Å². The van der Waals surface area contributed by atoms with Crippen molar-refractivity contribution in [3.05, 3.63) is 11.6 Å². The maximum atomic E-state index is 12.4. The molecule has 2 nitrogen and oxygen atoms in total. The average molecular weight is 300 g/mol. The zero-order chi connectivity index (χ0) is 15.7. The minimum atomic E-state index is -0.0387. The van der Waals surface area contributed by atoms with Crippen molar-refractivity contribution < 1.29 is 9.59 Å². The Labute approximate surface area is 133 Å². The first-order chi connectivity index (χ1) is 10.4. The molecule has 0 N–H and O–H groups in total. The molecule has 0 amide bonds. The van der Waals surface area contributed by atoms with Gasteiger partial charge in [-0.1, -0.05) is 26.3 Å². The van der Waals surface area contributed by atoms with E-state index in [4.69, 9.17) is 0 Å². The fourth-order valence-electron chi connectivity index (χ4n) is 6.76. The Hall–Kier alpha value is -0.920. The molecular weight excluding hydrogens is 272 g/mol.